The van der Waals surface area contributed by atoms with Gasteiger partial charge in [-0.05, 0) is 42.5 Å². The molecule has 0 spiro atoms. The van der Waals surface area contributed by atoms with Gasteiger partial charge < -0.3 is 15.4 Å². The fraction of sp³-hybridized carbons (Fsp3) is 0.0345. The van der Waals surface area contributed by atoms with Gasteiger partial charge in [-0.25, -0.2) is 9.82 Å². The minimum atomic E-state index is -0.310. The molecule has 1 aromatic heterocycles. The fourth-order valence-electron chi connectivity index (χ4n) is 3.49. The van der Waals surface area contributed by atoms with Crippen molar-refractivity contribution >= 4 is 35.4 Å². The van der Waals surface area contributed by atoms with Gasteiger partial charge >= 0.3 is 0 Å². The van der Waals surface area contributed by atoms with E-state index in [-0.39, 0.29) is 18.4 Å². The van der Waals surface area contributed by atoms with Crippen LogP contribution in [0.3, 0.4) is 0 Å². The molecule has 0 radical (unpaired) electrons. The maximum atomic E-state index is 14.0. The van der Waals surface area contributed by atoms with Crippen molar-refractivity contribution in [1.29, 1.82) is 0 Å². The van der Waals surface area contributed by atoms with Crippen LogP contribution in [-0.2, 0) is 6.61 Å². The van der Waals surface area contributed by atoms with E-state index in [0.717, 1.165) is 11.4 Å². The zero-order valence-electron chi connectivity index (χ0n) is 20.3. The maximum absolute atomic E-state index is 14.0. The van der Waals surface area contributed by atoms with Crippen LogP contribution in [-0.4, -0.2) is 21.2 Å². The summed E-state index contributed by atoms with van der Waals surface area (Å²) in [5.41, 5.74) is 5.71. The van der Waals surface area contributed by atoms with Crippen molar-refractivity contribution in [2.45, 2.75) is 6.61 Å². The summed E-state index contributed by atoms with van der Waals surface area (Å²) in [5.74, 6) is 1.18. The minimum Gasteiger partial charge on any atom is -0.488 e. The van der Waals surface area contributed by atoms with E-state index in [2.05, 4.69) is 36.1 Å². The Morgan fingerprint density at radius 1 is 0.658 bits per heavy atom. The van der Waals surface area contributed by atoms with Crippen LogP contribution in [0.2, 0.25) is 0 Å². The summed E-state index contributed by atoms with van der Waals surface area (Å²) >= 11 is 0. The summed E-state index contributed by atoms with van der Waals surface area (Å²) in [5, 5.41) is 10.7. The highest BCUT2D eigenvalue weighted by atomic mass is 19.1. The summed E-state index contributed by atoms with van der Waals surface area (Å²) in [7, 11) is 0. The molecule has 0 aliphatic heterocycles. The van der Waals surface area contributed by atoms with Crippen LogP contribution in [0, 0.1) is 5.82 Å². The third-order valence-corrected chi connectivity index (χ3v) is 5.32. The van der Waals surface area contributed by atoms with E-state index in [9.17, 15) is 4.39 Å². The Morgan fingerprint density at radius 2 is 1.21 bits per heavy atom. The van der Waals surface area contributed by atoms with Crippen molar-refractivity contribution in [1.82, 2.24) is 15.0 Å². The van der Waals surface area contributed by atoms with Crippen LogP contribution in [0.25, 0.3) is 0 Å². The summed E-state index contributed by atoms with van der Waals surface area (Å²) in [4.78, 5) is 13.4. The number of para-hydroxylation sites is 3. The number of hydrogen-bond donors (Lipinski definition) is 3. The Labute approximate surface area is 219 Å². The average molecular weight is 506 g/mol. The molecule has 0 aliphatic rings. The molecule has 4 aromatic carbocycles. The normalized spacial score (nSPS) is 10.8. The van der Waals surface area contributed by atoms with E-state index in [0.29, 0.717) is 28.8 Å². The third kappa shape index (κ3) is 6.67. The van der Waals surface area contributed by atoms with Crippen molar-refractivity contribution in [3.05, 3.63) is 126 Å². The third-order valence-electron chi connectivity index (χ3n) is 5.32. The van der Waals surface area contributed by atoms with Crippen LogP contribution >= 0.6 is 0 Å². The highest BCUT2D eigenvalue weighted by Crippen LogP contribution is 2.20. The Balaban J connectivity index is 1.33. The highest BCUT2D eigenvalue weighted by Gasteiger charge is 2.08. The monoisotopic (exact) mass is 505 g/mol. The van der Waals surface area contributed by atoms with Crippen molar-refractivity contribution in [2.24, 2.45) is 5.10 Å². The van der Waals surface area contributed by atoms with Gasteiger partial charge in [0.2, 0.25) is 17.8 Å². The molecule has 0 saturated carbocycles. The average Bonchev–Trinajstić information content (AvgIpc) is 2.94. The van der Waals surface area contributed by atoms with E-state index >= 15 is 0 Å². The van der Waals surface area contributed by atoms with E-state index in [1.54, 1.807) is 30.5 Å². The topological polar surface area (TPSA) is 96.4 Å². The second-order valence-electron chi connectivity index (χ2n) is 8.08. The van der Waals surface area contributed by atoms with E-state index in [4.69, 9.17) is 4.74 Å². The van der Waals surface area contributed by atoms with Gasteiger partial charge in [0.1, 0.15) is 18.2 Å². The number of anilines is 5. The number of nitrogens with one attached hydrogen (secondary N) is 3. The summed E-state index contributed by atoms with van der Waals surface area (Å²) in [6, 6.07) is 33.1. The summed E-state index contributed by atoms with van der Waals surface area (Å²) in [6.07, 6.45) is 1.59. The molecule has 5 aromatic rings. The lowest BCUT2D eigenvalue weighted by Gasteiger charge is -2.11. The van der Waals surface area contributed by atoms with Crippen LogP contribution in [0.5, 0.6) is 5.75 Å². The first-order valence-corrected chi connectivity index (χ1v) is 11.9. The molecule has 0 bridgehead atoms. The van der Waals surface area contributed by atoms with Crippen molar-refractivity contribution < 1.29 is 9.13 Å². The first kappa shape index (κ1) is 24.4. The molecule has 5 rings (SSSR count). The number of ether oxygens (including phenoxy) is 1. The molecule has 188 valence electrons. The van der Waals surface area contributed by atoms with E-state index in [1.807, 2.05) is 78.9 Å². The van der Waals surface area contributed by atoms with Gasteiger partial charge in [-0.1, -0.05) is 66.7 Å². The Morgan fingerprint density at radius 3 is 1.87 bits per heavy atom. The summed E-state index contributed by atoms with van der Waals surface area (Å²) < 4.78 is 19.8. The predicted octanol–water partition coefficient (Wildman–Crippen LogP) is 6.52. The van der Waals surface area contributed by atoms with Gasteiger partial charge in [-0.15, -0.1) is 0 Å². The maximum Gasteiger partial charge on any atom is 0.250 e. The standard InChI is InChI=1S/C29H24FN7O/c30-25-17-9-7-12-22(25)20-38-26-18-10-8-11-21(26)19-31-37-29-35-27(32-23-13-3-1-4-14-23)34-28(36-29)33-24-15-5-2-6-16-24/h1-19H,20H2,(H3,32,33,34,35,36,37)/b31-19-. The molecule has 38 heavy (non-hydrogen) atoms. The van der Waals surface area contributed by atoms with Crippen LogP contribution in [0.15, 0.2) is 114 Å². The van der Waals surface area contributed by atoms with Crippen molar-refractivity contribution in [3.63, 3.8) is 0 Å². The first-order chi connectivity index (χ1) is 18.7. The van der Waals surface area contributed by atoms with Crippen molar-refractivity contribution in [2.75, 3.05) is 16.1 Å². The zero-order valence-corrected chi connectivity index (χ0v) is 20.3. The van der Waals surface area contributed by atoms with Gasteiger partial charge in [0.25, 0.3) is 0 Å². The molecular formula is C29H24FN7O. The number of hydrogen-bond acceptors (Lipinski definition) is 8. The molecule has 8 nitrogen and oxygen atoms in total. The molecule has 0 unspecified atom stereocenters. The molecule has 0 amide bonds. The first-order valence-electron chi connectivity index (χ1n) is 11.9. The van der Waals surface area contributed by atoms with Gasteiger partial charge in [0.15, 0.2) is 0 Å². The number of halogens is 1. The van der Waals surface area contributed by atoms with Crippen LogP contribution < -0.4 is 20.8 Å². The highest BCUT2D eigenvalue weighted by molar-refractivity contribution is 5.83. The number of rotatable bonds is 10. The zero-order chi connectivity index (χ0) is 26.0. The number of hydrazone groups is 1. The smallest absolute Gasteiger partial charge is 0.250 e. The molecule has 3 N–H and O–H groups in total. The lowest BCUT2D eigenvalue weighted by Crippen LogP contribution is -2.07. The fourth-order valence-corrected chi connectivity index (χ4v) is 3.49. The predicted molar refractivity (Wildman–Crippen MR) is 148 cm³/mol. The molecule has 1 heterocycles. The largest absolute Gasteiger partial charge is 0.488 e. The number of nitrogens with zero attached hydrogens (tertiary/aromatic N) is 4. The molecule has 0 aliphatic carbocycles. The number of aromatic nitrogens is 3. The van der Waals surface area contributed by atoms with Gasteiger partial charge in [0.05, 0.1) is 6.21 Å². The summed E-state index contributed by atoms with van der Waals surface area (Å²) in [6.45, 7) is 0.0987. The molecule has 0 fully saturated rings. The molecular weight excluding hydrogens is 481 g/mol. The number of benzene rings is 4. The molecule has 9 heteroatoms. The minimum absolute atomic E-state index is 0.0987. The quantitative estimate of drug-likeness (QED) is 0.147. The van der Waals surface area contributed by atoms with Crippen molar-refractivity contribution in [3.8, 4) is 5.75 Å². The van der Waals surface area contributed by atoms with E-state index < -0.39 is 0 Å². The van der Waals surface area contributed by atoms with Gasteiger partial charge in [-0.3, -0.25) is 0 Å². The van der Waals surface area contributed by atoms with Crippen LogP contribution in [0.1, 0.15) is 11.1 Å². The Kier molecular flexibility index (Phi) is 7.76. The Bertz CT molecular complexity index is 1450. The molecule has 0 saturated heterocycles. The second-order valence-corrected chi connectivity index (χ2v) is 8.08. The van der Waals surface area contributed by atoms with Gasteiger partial charge in [-0.2, -0.15) is 20.1 Å². The molecule has 0 atom stereocenters. The van der Waals surface area contributed by atoms with Crippen LogP contribution in [0.4, 0.5) is 33.6 Å². The lowest BCUT2D eigenvalue weighted by molar-refractivity contribution is 0.299. The van der Waals surface area contributed by atoms with Gasteiger partial charge in [0, 0.05) is 22.5 Å². The second kappa shape index (κ2) is 12.1. The SMILES string of the molecule is Fc1ccccc1COc1ccccc1/C=N\Nc1nc(Nc2ccccc2)nc(Nc2ccccc2)n1. The lowest BCUT2D eigenvalue weighted by atomic mass is 10.2. The Hall–Kier alpha value is -5.31. The van der Waals surface area contributed by atoms with E-state index in [1.165, 1.54) is 6.07 Å².